The van der Waals surface area contributed by atoms with Gasteiger partial charge in [0.25, 0.3) is 0 Å². The first-order valence-corrected chi connectivity index (χ1v) is 12.6. The van der Waals surface area contributed by atoms with Crippen molar-refractivity contribution in [3.8, 4) is 0 Å². The molecule has 2 aliphatic heterocycles. The van der Waals surface area contributed by atoms with Crippen LogP contribution < -0.4 is 21.7 Å². The van der Waals surface area contributed by atoms with E-state index in [4.69, 9.17) is 0 Å². The molecule has 40 heavy (non-hydrogen) atoms. The zero-order valence-electron chi connectivity index (χ0n) is 20.9. The molecule has 1 aromatic heterocycles. The molecule has 3 aliphatic rings. The smallest absolute Gasteiger partial charge is 0.342 e. The molecule has 0 radical (unpaired) electrons. The fourth-order valence-corrected chi connectivity index (χ4v) is 5.18. The van der Waals surface area contributed by atoms with Gasteiger partial charge in [-0.05, 0) is 23.1 Å². The summed E-state index contributed by atoms with van der Waals surface area (Å²) in [5.41, 5.74) is 6.24. The summed E-state index contributed by atoms with van der Waals surface area (Å²) in [5, 5.41) is 2.80. The number of carbonyl (C=O) groups is 2. The van der Waals surface area contributed by atoms with Crippen molar-refractivity contribution in [1.29, 1.82) is 0 Å². The van der Waals surface area contributed by atoms with Gasteiger partial charge < -0.3 is 15.6 Å². The van der Waals surface area contributed by atoms with Crippen LogP contribution in [0.1, 0.15) is 54.5 Å². The summed E-state index contributed by atoms with van der Waals surface area (Å²) >= 11 is 0. The maximum Gasteiger partial charge on any atom is 0.434 e. The minimum Gasteiger partial charge on any atom is -0.342 e. The molecule has 5 rings (SSSR count). The van der Waals surface area contributed by atoms with Crippen LogP contribution >= 0.6 is 0 Å². The van der Waals surface area contributed by atoms with E-state index in [1.807, 2.05) is 5.43 Å². The first-order valence-electron chi connectivity index (χ1n) is 12.6. The Morgan fingerprint density at radius 3 is 2.45 bits per heavy atom. The third kappa shape index (κ3) is 5.86. The highest BCUT2D eigenvalue weighted by Gasteiger charge is 2.46. The summed E-state index contributed by atoms with van der Waals surface area (Å²) in [5.74, 6) is -4.55. The van der Waals surface area contributed by atoms with Gasteiger partial charge in [0.1, 0.15) is 12.2 Å². The van der Waals surface area contributed by atoms with Gasteiger partial charge in [-0.2, -0.15) is 18.7 Å². The number of halogens is 6. The summed E-state index contributed by atoms with van der Waals surface area (Å²) in [6.45, 7) is -0.443. The zero-order valence-corrected chi connectivity index (χ0v) is 20.9. The predicted octanol–water partition coefficient (Wildman–Crippen LogP) is 3.52. The Balaban J connectivity index is 1.34. The predicted molar refractivity (Wildman–Crippen MR) is 130 cm³/mol. The third-order valence-corrected chi connectivity index (χ3v) is 7.27. The topological polar surface area (TPSA) is 98.4 Å². The number of carbonyl (C=O) groups excluding carboxylic acids is 2. The van der Waals surface area contributed by atoms with E-state index in [2.05, 4.69) is 21.3 Å². The molecule has 214 valence electrons. The minimum atomic E-state index is -4.76. The zero-order chi connectivity index (χ0) is 28.7. The van der Waals surface area contributed by atoms with Crippen molar-refractivity contribution in [3.05, 3.63) is 76.9 Å². The molecule has 1 saturated carbocycles. The number of alkyl halides is 6. The van der Waals surface area contributed by atoms with Crippen LogP contribution in [0.4, 0.5) is 26.3 Å². The third-order valence-electron chi connectivity index (χ3n) is 7.27. The highest BCUT2D eigenvalue weighted by Crippen LogP contribution is 2.48. The molecule has 0 bridgehead atoms. The average molecular weight is 569 g/mol. The van der Waals surface area contributed by atoms with Crippen molar-refractivity contribution in [2.45, 2.75) is 62.0 Å². The molecule has 3 heterocycles. The number of rotatable bonds is 7. The van der Waals surface area contributed by atoms with Crippen LogP contribution in [0.5, 0.6) is 0 Å². The lowest BCUT2D eigenvalue weighted by molar-refractivity contribution is -0.138. The number of benzene rings is 1. The molecule has 0 spiro atoms. The molecule has 3 atom stereocenters. The highest BCUT2D eigenvalue weighted by molar-refractivity contribution is 5.89. The first kappa shape index (κ1) is 27.7. The van der Waals surface area contributed by atoms with Gasteiger partial charge in [-0.3, -0.25) is 20.0 Å². The highest BCUT2D eigenvalue weighted by atomic mass is 19.4. The number of hydrazine groups is 2. The van der Waals surface area contributed by atoms with Crippen molar-refractivity contribution >= 4 is 11.8 Å². The summed E-state index contributed by atoms with van der Waals surface area (Å²) in [6.07, 6.45) is -6.40. The molecule has 1 saturated heterocycles. The molecule has 0 unspecified atom stereocenters. The van der Waals surface area contributed by atoms with Gasteiger partial charge in [0.2, 0.25) is 17.7 Å². The molecule has 2 amide bonds. The number of hydrogen-bond acceptors (Lipinski definition) is 6. The Labute approximate surface area is 225 Å². The van der Waals surface area contributed by atoms with Crippen molar-refractivity contribution in [3.63, 3.8) is 0 Å². The summed E-state index contributed by atoms with van der Waals surface area (Å²) in [7, 11) is 0. The number of allylic oxidation sites excluding steroid dienone is 1. The monoisotopic (exact) mass is 568 g/mol. The second kappa shape index (κ2) is 10.6. The van der Waals surface area contributed by atoms with E-state index in [1.165, 1.54) is 6.20 Å². The number of amides is 2. The minimum absolute atomic E-state index is 0.258. The average Bonchev–Trinajstić information content (AvgIpc) is 3.53. The van der Waals surface area contributed by atoms with E-state index in [-0.39, 0.29) is 25.2 Å². The van der Waals surface area contributed by atoms with Gasteiger partial charge >= 0.3 is 6.18 Å². The van der Waals surface area contributed by atoms with Gasteiger partial charge in [-0.15, -0.1) is 0 Å². The quantitative estimate of drug-likeness (QED) is 0.382. The van der Waals surface area contributed by atoms with Crippen LogP contribution in [0.15, 0.2) is 60.1 Å². The fraction of sp³-hybridized carbons (Fsp3) is 0.423. The van der Waals surface area contributed by atoms with Crippen LogP contribution in [0, 0.1) is 0 Å². The summed E-state index contributed by atoms with van der Waals surface area (Å²) in [6, 6.07) is 9.94. The molecule has 8 nitrogen and oxygen atoms in total. The normalized spacial score (nSPS) is 23.3. The van der Waals surface area contributed by atoms with E-state index in [0.29, 0.717) is 16.8 Å². The van der Waals surface area contributed by atoms with E-state index < -0.39 is 66.5 Å². The second-order valence-electron chi connectivity index (χ2n) is 10.1. The lowest BCUT2D eigenvalue weighted by Crippen LogP contribution is -2.47. The molecular formula is C26H26F6N6O2. The van der Waals surface area contributed by atoms with Gasteiger partial charge in [0.05, 0.1) is 30.4 Å². The van der Waals surface area contributed by atoms with E-state index >= 15 is 0 Å². The molecule has 14 heteroatoms. The molecule has 2 fully saturated rings. The maximum atomic E-state index is 14.4. The Morgan fingerprint density at radius 1 is 1.10 bits per heavy atom. The number of nitrogens with one attached hydrogen (secondary N) is 4. The maximum absolute atomic E-state index is 14.4. The largest absolute Gasteiger partial charge is 0.434 e. The number of pyridine rings is 1. The van der Waals surface area contributed by atoms with Crippen LogP contribution in [-0.4, -0.2) is 52.6 Å². The van der Waals surface area contributed by atoms with Gasteiger partial charge in [0, 0.05) is 25.5 Å². The molecule has 2 aromatic rings. The number of likely N-dealkylation sites (tertiary alicyclic amines) is 1. The standard InChI is InChI=1S/C26H26F6N6O2/c27-17-8-20(38(13-17)21(39)9-19-23(26(30,31)32)36-37-35-19)24(40)34-22(14-4-2-1-3-5-14)18-7-6-15(12-33-18)16-10-25(28,29)11-16/h1-7,12,16-17,20,22,35-37H,8-11,13H2,(H,34,40)/t17-,20+,22+/m1/s1. The molecule has 1 aliphatic carbocycles. The van der Waals surface area contributed by atoms with Crippen LogP contribution in [0.25, 0.3) is 0 Å². The van der Waals surface area contributed by atoms with Gasteiger partial charge in [-0.25, -0.2) is 13.2 Å². The van der Waals surface area contributed by atoms with Gasteiger partial charge in [0.15, 0.2) is 5.70 Å². The molecular weight excluding hydrogens is 542 g/mol. The van der Waals surface area contributed by atoms with Crippen LogP contribution in [0.3, 0.4) is 0 Å². The Hall–Kier alpha value is -3.81. The van der Waals surface area contributed by atoms with Crippen molar-refractivity contribution < 1.29 is 35.9 Å². The lowest BCUT2D eigenvalue weighted by atomic mass is 9.77. The lowest BCUT2D eigenvalue weighted by Gasteiger charge is -2.35. The summed E-state index contributed by atoms with van der Waals surface area (Å²) < 4.78 is 80.7. The first-order chi connectivity index (χ1) is 18.9. The number of aromatic nitrogens is 1. The Kier molecular flexibility index (Phi) is 7.38. The summed E-state index contributed by atoms with van der Waals surface area (Å²) in [4.78, 5) is 31.7. The van der Waals surface area contributed by atoms with Crippen molar-refractivity contribution in [1.82, 2.24) is 31.6 Å². The van der Waals surface area contributed by atoms with E-state index in [9.17, 15) is 35.9 Å². The van der Waals surface area contributed by atoms with Gasteiger partial charge in [-0.1, -0.05) is 36.4 Å². The van der Waals surface area contributed by atoms with Crippen LogP contribution in [0.2, 0.25) is 0 Å². The molecule has 4 N–H and O–H groups in total. The van der Waals surface area contributed by atoms with E-state index in [1.54, 1.807) is 42.5 Å². The van der Waals surface area contributed by atoms with Crippen molar-refractivity contribution in [2.24, 2.45) is 0 Å². The molecule has 1 aromatic carbocycles. The fourth-order valence-electron chi connectivity index (χ4n) is 5.18. The Bertz CT molecular complexity index is 1280. The van der Waals surface area contributed by atoms with Crippen molar-refractivity contribution in [2.75, 3.05) is 6.54 Å². The Morgan fingerprint density at radius 2 is 1.82 bits per heavy atom. The SMILES string of the molecule is O=C(N[C@@H](c1ccccc1)c1ccc(C2CC(F)(F)C2)cn1)[C@@H]1C[C@@H](F)CN1C(=O)CC1=C(C(F)(F)F)NNN1. The van der Waals surface area contributed by atoms with E-state index in [0.717, 1.165) is 4.90 Å². The second-order valence-corrected chi connectivity index (χ2v) is 10.1. The number of hydrogen-bond donors (Lipinski definition) is 4. The number of nitrogens with zero attached hydrogens (tertiary/aromatic N) is 2. The van der Waals surface area contributed by atoms with Crippen LogP contribution in [-0.2, 0) is 9.59 Å².